The maximum atomic E-state index is 15.6. The number of piperazine rings is 1. The Morgan fingerprint density at radius 2 is 1.77 bits per heavy atom. The molecular formula is C25H34F2N4O8. The van der Waals surface area contributed by atoms with Crippen LogP contribution in [0.15, 0.2) is 11.0 Å². The second kappa shape index (κ2) is 11.3. The molecule has 2 aromatic rings. The average Bonchev–Trinajstić information content (AvgIpc) is 3.70. The van der Waals surface area contributed by atoms with Gasteiger partial charge in [0, 0.05) is 43.8 Å². The summed E-state index contributed by atoms with van der Waals surface area (Å²) in [6.07, 6.45) is -1.51. The molecule has 0 unspecified atom stereocenters. The average molecular weight is 557 g/mol. The minimum absolute atomic E-state index is 0.0134. The van der Waals surface area contributed by atoms with Crippen LogP contribution in [0.4, 0.5) is 20.2 Å². The highest BCUT2D eigenvalue weighted by Gasteiger charge is 2.36. The van der Waals surface area contributed by atoms with E-state index in [-0.39, 0.29) is 35.8 Å². The van der Waals surface area contributed by atoms with Crippen molar-refractivity contribution in [1.29, 1.82) is 0 Å². The Morgan fingerprint density at radius 3 is 2.31 bits per heavy atom. The fourth-order valence-electron chi connectivity index (χ4n) is 5.22. The number of aliphatic hydroxyl groups excluding tert-OH is 4. The topological polar surface area (TPSA) is 191 Å². The lowest BCUT2D eigenvalue weighted by molar-refractivity contribution is -0.239. The first-order chi connectivity index (χ1) is 18.3. The number of carbonyl (C=O) groups is 1. The van der Waals surface area contributed by atoms with Crippen molar-refractivity contribution >= 4 is 28.2 Å². The molecule has 5 rings (SSSR count). The minimum Gasteiger partial charge on any atom is -0.477 e. The van der Waals surface area contributed by atoms with Gasteiger partial charge < -0.3 is 50.8 Å². The molecule has 0 spiro atoms. The van der Waals surface area contributed by atoms with Gasteiger partial charge in [0.05, 0.1) is 29.3 Å². The van der Waals surface area contributed by atoms with Crippen LogP contribution in [0.5, 0.6) is 0 Å². The van der Waals surface area contributed by atoms with Gasteiger partial charge in [-0.05, 0) is 26.7 Å². The number of pyridine rings is 1. The molecule has 1 aliphatic carbocycles. The molecule has 2 saturated heterocycles. The third kappa shape index (κ3) is 5.71. The van der Waals surface area contributed by atoms with Crippen molar-refractivity contribution < 1.29 is 43.8 Å². The zero-order valence-electron chi connectivity index (χ0n) is 21.5. The molecule has 1 saturated carbocycles. The summed E-state index contributed by atoms with van der Waals surface area (Å²) in [5.41, 5.74) is 3.54. The number of nitrogens with one attached hydrogen (secondary N) is 1. The highest BCUT2D eigenvalue weighted by atomic mass is 19.1. The number of carboxylic acid groups (broad SMARTS) is 1. The molecule has 3 fully saturated rings. The lowest BCUT2D eigenvalue weighted by Gasteiger charge is -2.38. The van der Waals surface area contributed by atoms with E-state index >= 15 is 8.78 Å². The summed E-state index contributed by atoms with van der Waals surface area (Å²) < 4.78 is 37.0. The number of nitrogens with two attached hydrogens (primary N) is 1. The number of aromatic carboxylic acids is 1. The summed E-state index contributed by atoms with van der Waals surface area (Å²) in [4.78, 5) is 25.7. The van der Waals surface area contributed by atoms with Gasteiger partial charge in [-0.2, -0.15) is 0 Å². The second-order valence-electron chi connectivity index (χ2n) is 10.4. The van der Waals surface area contributed by atoms with Crippen LogP contribution in [0.2, 0.25) is 0 Å². The van der Waals surface area contributed by atoms with E-state index in [4.69, 9.17) is 30.9 Å². The van der Waals surface area contributed by atoms with Crippen molar-refractivity contribution in [3.8, 4) is 0 Å². The number of halogens is 2. The summed E-state index contributed by atoms with van der Waals surface area (Å²) >= 11 is 0. The maximum Gasteiger partial charge on any atom is 0.341 e. The van der Waals surface area contributed by atoms with Crippen LogP contribution in [0, 0.1) is 11.6 Å². The number of anilines is 2. The Labute approximate surface area is 222 Å². The Balaban J connectivity index is 0.000000270. The number of aromatic nitrogens is 1. The second-order valence-corrected chi connectivity index (χ2v) is 10.4. The molecular weight excluding hydrogens is 522 g/mol. The lowest BCUT2D eigenvalue weighted by atomic mass is 10.0. The number of hydrogen-bond donors (Lipinski definition) is 7. The van der Waals surface area contributed by atoms with Crippen LogP contribution in [0.1, 0.15) is 49.5 Å². The summed E-state index contributed by atoms with van der Waals surface area (Å²) in [7, 11) is 0. The number of rotatable bonds is 4. The molecule has 2 aliphatic heterocycles. The van der Waals surface area contributed by atoms with Crippen molar-refractivity contribution in [2.45, 2.75) is 75.8 Å². The molecule has 1 aromatic heterocycles. The first-order valence-corrected chi connectivity index (χ1v) is 12.8. The van der Waals surface area contributed by atoms with E-state index in [0.717, 1.165) is 19.0 Å². The third-order valence-electron chi connectivity index (χ3n) is 7.14. The molecule has 12 nitrogen and oxygen atoms in total. The van der Waals surface area contributed by atoms with Crippen molar-refractivity contribution in [3.05, 3.63) is 33.6 Å². The summed E-state index contributed by atoms with van der Waals surface area (Å²) in [5, 5.41) is 47.9. The Kier molecular flexibility index (Phi) is 8.44. The van der Waals surface area contributed by atoms with Crippen LogP contribution in [0.25, 0.3) is 10.9 Å². The van der Waals surface area contributed by atoms with Crippen molar-refractivity contribution in [3.63, 3.8) is 0 Å². The SMILES string of the molecule is C[C@@H]1CN(c2c(F)c(N)c3c(=O)c(C(=O)O)cn(C4CC4)c3c2F)C[C@H](C)N1.OC[C@H]1O[C@H](O)C[C@@H](O)[C@@H]1O. The minimum atomic E-state index is -1.45. The molecule has 14 heteroatoms. The molecule has 6 atom stereocenters. The van der Waals surface area contributed by atoms with Crippen LogP contribution >= 0.6 is 0 Å². The molecule has 3 aliphatic rings. The van der Waals surface area contributed by atoms with Crippen molar-refractivity contribution in [1.82, 2.24) is 9.88 Å². The van der Waals surface area contributed by atoms with Crippen LogP contribution < -0.4 is 21.4 Å². The van der Waals surface area contributed by atoms with Crippen LogP contribution in [-0.2, 0) is 4.74 Å². The molecule has 39 heavy (non-hydrogen) atoms. The summed E-state index contributed by atoms with van der Waals surface area (Å²) in [5.74, 6) is -3.34. The summed E-state index contributed by atoms with van der Waals surface area (Å²) in [6.45, 7) is 4.19. The predicted octanol–water partition coefficient (Wildman–Crippen LogP) is -0.111. The van der Waals surface area contributed by atoms with Crippen LogP contribution in [0.3, 0.4) is 0 Å². The monoisotopic (exact) mass is 556 g/mol. The van der Waals surface area contributed by atoms with Crippen molar-refractivity contribution in [2.75, 3.05) is 30.3 Å². The van der Waals surface area contributed by atoms with E-state index in [1.807, 2.05) is 13.8 Å². The lowest BCUT2D eigenvalue weighted by Crippen LogP contribution is -2.54. The van der Waals surface area contributed by atoms with E-state index in [0.29, 0.717) is 13.1 Å². The van der Waals surface area contributed by atoms with E-state index < -0.39 is 70.9 Å². The molecule has 0 amide bonds. The van der Waals surface area contributed by atoms with E-state index in [2.05, 4.69) is 5.32 Å². The van der Waals surface area contributed by atoms with Gasteiger partial charge in [-0.25, -0.2) is 13.6 Å². The fraction of sp³-hybridized carbons (Fsp3) is 0.600. The number of nitrogens with zero attached hydrogens (tertiary/aromatic N) is 2. The number of nitrogen functional groups attached to an aromatic ring is 1. The highest BCUT2D eigenvalue weighted by Crippen LogP contribution is 2.41. The van der Waals surface area contributed by atoms with Crippen molar-refractivity contribution in [2.24, 2.45) is 0 Å². The number of aliphatic hydroxyl groups is 4. The van der Waals surface area contributed by atoms with Gasteiger partial charge in [-0.3, -0.25) is 4.79 Å². The standard InChI is InChI=1S/C19H22F2N4O3.C6H12O5/c1-8-5-24(6-9(2)23-8)17-13(20)15(22)12-16(14(17)21)25(10-3-4-10)7-11(18(12)26)19(27)28;7-2-4-6(10)3(8)1-5(9)11-4/h7-10,23H,3-6,22H2,1-2H3,(H,27,28);3-10H,1-2H2/t8-,9+;3-,4-,5+,6+/m.1/s1. The third-order valence-corrected chi connectivity index (χ3v) is 7.14. The quantitative estimate of drug-likeness (QED) is 0.249. The molecule has 216 valence electrons. The zero-order chi connectivity index (χ0) is 28.8. The zero-order valence-corrected chi connectivity index (χ0v) is 21.5. The molecule has 3 heterocycles. The number of carboxylic acids is 1. The smallest absolute Gasteiger partial charge is 0.341 e. The van der Waals surface area contributed by atoms with Gasteiger partial charge in [0.15, 0.2) is 17.9 Å². The summed E-state index contributed by atoms with van der Waals surface area (Å²) in [6, 6.07) is -0.103. The number of hydrogen-bond acceptors (Lipinski definition) is 10. The molecule has 0 radical (unpaired) electrons. The first kappa shape index (κ1) is 29.1. The van der Waals surface area contributed by atoms with E-state index in [1.165, 1.54) is 4.57 Å². The van der Waals surface area contributed by atoms with E-state index in [9.17, 15) is 14.7 Å². The van der Waals surface area contributed by atoms with E-state index in [1.54, 1.807) is 4.90 Å². The number of benzene rings is 1. The normalized spacial score (nSPS) is 29.2. The molecule has 0 bridgehead atoms. The number of ether oxygens (including phenoxy) is 1. The first-order valence-electron chi connectivity index (χ1n) is 12.8. The molecule has 8 N–H and O–H groups in total. The highest BCUT2D eigenvalue weighted by molar-refractivity contribution is 5.99. The van der Waals surface area contributed by atoms with Gasteiger partial charge >= 0.3 is 5.97 Å². The predicted molar refractivity (Wildman–Crippen MR) is 137 cm³/mol. The Morgan fingerprint density at radius 1 is 1.15 bits per heavy atom. The number of fused-ring (bicyclic) bond motifs is 1. The Hall–Kier alpha value is -2.88. The van der Waals surface area contributed by atoms with Crippen LogP contribution in [-0.4, -0.2) is 92.5 Å². The van der Waals surface area contributed by atoms with Gasteiger partial charge in [-0.1, -0.05) is 0 Å². The fourth-order valence-corrected chi connectivity index (χ4v) is 5.22. The van der Waals surface area contributed by atoms with Gasteiger partial charge in [0.1, 0.15) is 23.5 Å². The Bertz CT molecular complexity index is 1290. The van der Waals surface area contributed by atoms with Gasteiger partial charge in [-0.15, -0.1) is 0 Å². The van der Waals surface area contributed by atoms with Gasteiger partial charge in [0.2, 0.25) is 5.43 Å². The largest absolute Gasteiger partial charge is 0.477 e. The maximum absolute atomic E-state index is 15.6. The van der Waals surface area contributed by atoms with Gasteiger partial charge in [0.25, 0.3) is 0 Å². The molecule has 1 aromatic carbocycles.